The molecule has 0 aliphatic carbocycles. The number of carbonyl (C=O) groups is 1. The Morgan fingerprint density at radius 2 is 1.71 bits per heavy atom. The van der Waals surface area contributed by atoms with Gasteiger partial charge in [-0.15, -0.1) is 0 Å². The Balaban J connectivity index is 2.51. The Kier molecular flexibility index (Phi) is 5.71. The summed E-state index contributed by atoms with van der Waals surface area (Å²) in [4.78, 5) is 11.6. The van der Waals surface area contributed by atoms with Gasteiger partial charge in [-0.3, -0.25) is 0 Å². The third-order valence-electron chi connectivity index (χ3n) is 3.40. The van der Waals surface area contributed by atoms with Gasteiger partial charge in [-0.05, 0) is 41.5 Å². The lowest BCUT2D eigenvalue weighted by atomic mass is 10.0. The highest BCUT2D eigenvalue weighted by Gasteiger charge is 2.14. The zero-order valence-electron chi connectivity index (χ0n) is 13.5. The fraction of sp³-hybridized carbons (Fsp3) is 0.167. The molecule has 0 saturated carbocycles. The Bertz CT molecular complexity index is 766. The molecular formula is C18H17ClO5. The molecule has 2 rings (SSSR count). The highest BCUT2D eigenvalue weighted by Crippen LogP contribution is 2.37. The van der Waals surface area contributed by atoms with Gasteiger partial charge in [-0.2, -0.15) is 0 Å². The van der Waals surface area contributed by atoms with Crippen LogP contribution < -0.4 is 14.2 Å². The maximum atomic E-state index is 11.6. The van der Waals surface area contributed by atoms with Crippen molar-refractivity contribution in [2.45, 2.75) is 0 Å². The summed E-state index contributed by atoms with van der Waals surface area (Å²) < 4.78 is 15.5. The summed E-state index contributed by atoms with van der Waals surface area (Å²) in [5.41, 5.74) is 1.26. The summed E-state index contributed by atoms with van der Waals surface area (Å²) >= 11 is 6.16. The third-order valence-corrected chi connectivity index (χ3v) is 3.68. The molecule has 0 unspecified atom stereocenters. The van der Waals surface area contributed by atoms with Crippen LogP contribution in [-0.2, 0) is 4.79 Å². The number of carboxylic acids is 1. The summed E-state index contributed by atoms with van der Waals surface area (Å²) in [7, 11) is 4.52. The predicted octanol–water partition coefficient (Wildman–Crippen LogP) is 3.99. The molecular weight excluding hydrogens is 332 g/mol. The predicted molar refractivity (Wildman–Crippen MR) is 93.1 cm³/mol. The highest BCUT2D eigenvalue weighted by molar-refractivity contribution is 6.32. The van der Waals surface area contributed by atoms with E-state index in [1.807, 2.05) is 0 Å². The summed E-state index contributed by atoms with van der Waals surface area (Å²) in [5, 5.41) is 9.86. The van der Waals surface area contributed by atoms with Crippen LogP contribution in [0.2, 0.25) is 5.02 Å². The van der Waals surface area contributed by atoms with Crippen molar-refractivity contribution in [2.75, 3.05) is 21.3 Å². The summed E-state index contributed by atoms with van der Waals surface area (Å²) in [6.07, 6.45) is 1.53. The van der Waals surface area contributed by atoms with Crippen molar-refractivity contribution in [1.82, 2.24) is 0 Å². The number of hydrogen-bond acceptors (Lipinski definition) is 4. The van der Waals surface area contributed by atoms with E-state index in [1.54, 1.807) is 43.5 Å². The number of aliphatic carboxylic acids is 1. The maximum absolute atomic E-state index is 11.6. The van der Waals surface area contributed by atoms with Crippen molar-refractivity contribution in [1.29, 1.82) is 0 Å². The van der Waals surface area contributed by atoms with Crippen molar-refractivity contribution < 1.29 is 24.1 Å². The minimum absolute atomic E-state index is 0.126. The first-order chi connectivity index (χ1) is 11.5. The summed E-state index contributed by atoms with van der Waals surface area (Å²) in [6.45, 7) is 0. The number of halogens is 1. The normalized spacial score (nSPS) is 11.1. The third kappa shape index (κ3) is 3.81. The molecule has 0 aliphatic heterocycles. The number of ether oxygens (including phenoxy) is 3. The molecule has 126 valence electrons. The number of methoxy groups -OCH3 is 3. The first-order valence-electron chi connectivity index (χ1n) is 7.01. The van der Waals surface area contributed by atoms with Crippen LogP contribution in [-0.4, -0.2) is 32.4 Å². The van der Waals surface area contributed by atoms with Crippen molar-refractivity contribution in [3.8, 4) is 17.2 Å². The molecule has 0 aliphatic rings. The largest absolute Gasteiger partial charge is 0.497 e. The number of rotatable bonds is 6. The smallest absolute Gasteiger partial charge is 0.336 e. The van der Waals surface area contributed by atoms with E-state index in [0.29, 0.717) is 33.4 Å². The minimum Gasteiger partial charge on any atom is -0.497 e. The Labute approximate surface area is 145 Å². The Morgan fingerprint density at radius 1 is 1.04 bits per heavy atom. The molecule has 0 atom stereocenters. The maximum Gasteiger partial charge on any atom is 0.336 e. The van der Waals surface area contributed by atoms with E-state index < -0.39 is 5.97 Å². The summed E-state index contributed by atoms with van der Waals surface area (Å²) in [6, 6.07) is 10.1. The number of hydrogen-bond donors (Lipinski definition) is 1. The zero-order valence-corrected chi connectivity index (χ0v) is 14.3. The molecule has 24 heavy (non-hydrogen) atoms. The van der Waals surface area contributed by atoms with Crippen molar-refractivity contribution in [2.24, 2.45) is 0 Å². The number of carboxylic acid groups (broad SMARTS) is 1. The van der Waals surface area contributed by atoms with Gasteiger partial charge < -0.3 is 19.3 Å². The lowest BCUT2D eigenvalue weighted by molar-refractivity contribution is -0.130. The molecule has 2 aromatic rings. The monoisotopic (exact) mass is 348 g/mol. The SMILES string of the molecule is COc1ccc(/C(=C\c2cc(Cl)c(OC)c(OC)c2)C(=O)O)cc1. The quantitative estimate of drug-likeness (QED) is 0.631. The van der Waals surface area contributed by atoms with Crippen LogP contribution in [0.4, 0.5) is 0 Å². The molecule has 0 heterocycles. The molecule has 5 nitrogen and oxygen atoms in total. The molecule has 0 amide bonds. The second kappa shape index (κ2) is 7.75. The van der Waals surface area contributed by atoms with E-state index >= 15 is 0 Å². The first kappa shape index (κ1) is 17.7. The van der Waals surface area contributed by atoms with Crippen LogP contribution in [0.3, 0.4) is 0 Å². The molecule has 0 radical (unpaired) electrons. The molecule has 2 aromatic carbocycles. The molecule has 6 heteroatoms. The van der Waals surface area contributed by atoms with Gasteiger partial charge in [0.05, 0.1) is 31.9 Å². The van der Waals surface area contributed by atoms with Crippen LogP contribution >= 0.6 is 11.6 Å². The van der Waals surface area contributed by atoms with Crippen LogP contribution in [0.25, 0.3) is 11.6 Å². The molecule has 0 saturated heterocycles. The van der Waals surface area contributed by atoms with Gasteiger partial charge in [-0.1, -0.05) is 23.7 Å². The fourth-order valence-electron chi connectivity index (χ4n) is 2.23. The van der Waals surface area contributed by atoms with Crippen molar-refractivity contribution in [3.63, 3.8) is 0 Å². The van der Waals surface area contributed by atoms with Gasteiger partial charge in [0, 0.05) is 0 Å². The van der Waals surface area contributed by atoms with Gasteiger partial charge in [0.2, 0.25) is 0 Å². The van der Waals surface area contributed by atoms with E-state index in [0.717, 1.165) is 0 Å². The van der Waals surface area contributed by atoms with Gasteiger partial charge in [0.15, 0.2) is 11.5 Å². The van der Waals surface area contributed by atoms with Crippen molar-refractivity contribution in [3.05, 3.63) is 52.5 Å². The molecule has 1 N–H and O–H groups in total. The lowest BCUT2D eigenvalue weighted by Crippen LogP contribution is -2.00. The molecule has 0 bridgehead atoms. The molecule has 0 fully saturated rings. The fourth-order valence-corrected chi connectivity index (χ4v) is 2.52. The van der Waals surface area contributed by atoms with E-state index in [1.165, 1.54) is 20.3 Å². The number of benzene rings is 2. The van der Waals surface area contributed by atoms with Gasteiger partial charge in [0.1, 0.15) is 5.75 Å². The van der Waals surface area contributed by atoms with Crippen LogP contribution in [0.15, 0.2) is 36.4 Å². The lowest BCUT2D eigenvalue weighted by Gasteiger charge is -2.11. The highest BCUT2D eigenvalue weighted by atomic mass is 35.5. The average Bonchev–Trinajstić information content (AvgIpc) is 2.59. The first-order valence-corrected chi connectivity index (χ1v) is 7.39. The second-order valence-electron chi connectivity index (χ2n) is 4.83. The molecule has 0 aromatic heterocycles. The Hall–Kier alpha value is -2.66. The Morgan fingerprint density at radius 3 is 2.21 bits per heavy atom. The topological polar surface area (TPSA) is 65.0 Å². The van der Waals surface area contributed by atoms with E-state index in [-0.39, 0.29) is 5.57 Å². The van der Waals surface area contributed by atoms with Crippen molar-refractivity contribution >= 4 is 29.2 Å². The zero-order chi connectivity index (χ0) is 17.7. The molecule has 0 spiro atoms. The minimum atomic E-state index is -1.05. The van der Waals surface area contributed by atoms with Gasteiger partial charge in [-0.25, -0.2) is 4.79 Å². The van der Waals surface area contributed by atoms with Gasteiger partial charge >= 0.3 is 5.97 Å². The van der Waals surface area contributed by atoms with Gasteiger partial charge in [0.25, 0.3) is 0 Å². The van der Waals surface area contributed by atoms with E-state index in [9.17, 15) is 9.90 Å². The standard InChI is InChI=1S/C18H17ClO5/c1-22-13-6-4-12(5-7-13)14(18(20)21)8-11-9-15(19)17(24-3)16(10-11)23-2/h4-10H,1-3H3,(H,20,21)/b14-8+. The van der Waals surface area contributed by atoms with E-state index in [4.69, 9.17) is 25.8 Å². The summed E-state index contributed by atoms with van der Waals surface area (Å²) in [5.74, 6) is 0.428. The van der Waals surface area contributed by atoms with Crippen LogP contribution in [0, 0.1) is 0 Å². The van der Waals surface area contributed by atoms with E-state index in [2.05, 4.69) is 0 Å². The second-order valence-corrected chi connectivity index (χ2v) is 5.24. The van der Waals surface area contributed by atoms with Crippen LogP contribution in [0.1, 0.15) is 11.1 Å². The van der Waals surface area contributed by atoms with Crippen LogP contribution in [0.5, 0.6) is 17.2 Å². The average molecular weight is 349 g/mol.